The van der Waals surface area contributed by atoms with E-state index in [1.807, 2.05) is 6.07 Å². The van der Waals surface area contributed by atoms with Crippen LogP contribution >= 0.6 is 22.6 Å². The van der Waals surface area contributed by atoms with E-state index in [1.165, 1.54) is 12.1 Å². The van der Waals surface area contributed by atoms with E-state index >= 15 is 0 Å². The summed E-state index contributed by atoms with van der Waals surface area (Å²) in [6.45, 7) is 0. The van der Waals surface area contributed by atoms with Crippen molar-refractivity contribution in [3.63, 3.8) is 0 Å². The molecule has 0 saturated carbocycles. The lowest BCUT2D eigenvalue weighted by Crippen LogP contribution is -2.06. The van der Waals surface area contributed by atoms with E-state index < -0.39 is 11.7 Å². The van der Waals surface area contributed by atoms with Crippen molar-refractivity contribution in [1.82, 2.24) is 0 Å². The predicted octanol–water partition coefficient (Wildman–Crippen LogP) is 4.74. The van der Waals surface area contributed by atoms with E-state index in [-0.39, 0.29) is 12.2 Å². The van der Waals surface area contributed by atoms with Gasteiger partial charge in [-0.1, -0.05) is 24.3 Å². The van der Waals surface area contributed by atoms with E-state index in [4.69, 9.17) is 0 Å². The van der Waals surface area contributed by atoms with Crippen LogP contribution in [0.25, 0.3) is 0 Å². The number of rotatable bonds is 3. The van der Waals surface area contributed by atoms with Gasteiger partial charge in [-0.25, -0.2) is 0 Å². The Balaban J connectivity index is 2.12. The van der Waals surface area contributed by atoms with Crippen LogP contribution in [-0.2, 0) is 12.6 Å². The summed E-state index contributed by atoms with van der Waals surface area (Å²) in [7, 11) is 0. The number of ketones is 1. The van der Waals surface area contributed by atoms with Crippen molar-refractivity contribution in [2.75, 3.05) is 0 Å². The van der Waals surface area contributed by atoms with E-state index in [0.717, 1.165) is 15.7 Å². The van der Waals surface area contributed by atoms with Gasteiger partial charge >= 0.3 is 6.18 Å². The highest BCUT2D eigenvalue weighted by Crippen LogP contribution is 2.29. The molecule has 2 aromatic carbocycles. The maximum atomic E-state index is 12.4. The monoisotopic (exact) mass is 390 g/mol. The lowest BCUT2D eigenvalue weighted by molar-refractivity contribution is -0.137. The molecule has 2 rings (SSSR count). The number of carbonyl (C=O) groups is 1. The summed E-state index contributed by atoms with van der Waals surface area (Å²) in [5.41, 5.74) is 0.432. The fourth-order valence-electron chi connectivity index (χ4n) is 1.76. The number of Topliss-reactive ketones (excluding diaryl/α,β-unsaturated/α-hetero) is 1. The topological polar surface area (TPSA) is 17.1 Å². The zero-order valence-electron chi connectivity index (χ0n) is 10.2. The maximum Gasteiger partial charge on any atom is 0.416 e. The minimum atomic E-state index is -4.35. The Morgan fingerprint density at radius 3 is 2.25 bits per heavy atom. The lowest BCUT2D eigenvalue weighted by atomic mass is 10.0. The third-order valence-electron chi connectivity index (χ3n) is 2.79. The Morgan fingerprint density at radius 2 is 1.70 bits per heavy atom. The number of halogens is 4. The van der Waals surface area contributed by atoms with Crippen LogP contribution in [0.4, 0.5) is 13.2 Å². The summed E-state index contributed by atoms with van der Waals surface area (Å²) in [6.07, 6.45) is -4.25. The molecule has 2 aromatic rings. The maximum absolute atomic E-state index is 12.4. The smallest absolute Gasteiger partial charge is 0.294 e. The molecule has 0 aliphatic carbocycles. The minimum Gasteiger partial charge on any atom is -0.294 e. The van der Waals surface area contributed by atoms with Gasteiger partial charge in [-0.05, 0) is 52.4 Å². The van der Waals surface area contributed by atoms with E-state index in [1.54, 1.807) is 18.2 Å². The number of hydrogen-bond donors (Lipinski definition) is 0. The van der Waals surface area contributed by atoms with Gasteiger partial charge in [0.2, 0.25) is 0 Å². The molecule has 0 bridgehead atoms. The molecular weight excluding hydrogens is 380 g/mol. The zero-order valence-corrected chi connectivity index (χ0v) is 12.4. The second-order valence-corrected chi connectivity index (χ2v) is 5.55. The SMILES string of the molecule is O=C(Cc1ccc(C(F)(F)F)cc1)c1cccc(I)c1. The van der Waals surface area contributed by atoms with E-state index in [2.05, 4.69) is 22.6 Å². The second kappa shape index (κ2) is 5.95. The molecule has 0 aromatic heterocycles. The summed E-state index contributed by atoms with van der Waals surface area (Å²) >= 11 is 2.11. The van der Waals surface area contributed by atoms with E-state index in [9.17, 15) is 18.0 Å². The molecule has 0 radical (unpaired) electrons. The van der Waals surface area contributed by atoms with Gasteiger partial charge in [-0.15, -0.1) is 0 Å². The molecule has 5 heteroatoms. The second-order valence-electron chi connectivity index (χ2n) is 4.30. The normalized spacial score (nSPS) is 11.4. The molecule has 0 unspecified atom stereocenters. The van der Waals surface area contributed by atoms with Crippen LogP contribution in [-0.4, -0.2) is 5.78 Å². The highest BCUT2D eigenvalue weighted by molar-refractivity contribution is 14.1. The number of carbonyl (C=O) groups excluding carboxylic acids is 1. The average Bonchev–Trinajstić information content (AvgIpc) is 2.38. The van der Waals surface area contributed by atoms with Crippen molar-refractivity contribution >= 4 is 28.4 Å². The van der Waals surface area contributed by atoms with Crippen LogP contribution in [0.15, 0.2) is 48.5 Å². The summed E-state index contributed by atoms with van der Waals surface area (Å²) in [6, 6.07) is 11.8. The van der Waals surface area contributed by atoms with Crippen LogP contribution in [0.2, 0.25) is 0 Å². The molecule has 104 valence electrons. The Bertz CT molecular complexity index is 618. The highest BCUT2D eigenvalue weighted by Gasteiger charge is 2.29. The Labute approximate surface area is 128 Å². The fourth-order valence-corrected chi connectivity index (χ4v) is 2.30. The molecule has 0 N–H and O–H groups in total. The largest absolute Gasteiger partial charge is 0.416 e. The van der Waals surface area contributed by atoms with Crippen LogP contribution in [0.5, 0.6) is 0 Å². The summed E-state index contributed by atoms with van der Waals surface area (Å²) < 4.78 is 38.2. The Morgan fingerprint density at radius 1 is 1.05 bits per heavy atom. The molecule has 0 heterocycles. The Hall–Kier alpha value is -1.37. The van der Waals surface area contributed by atoms with E-state index in [0.29, 0.717) is 11.1 Å². The first-order chi connectivity index (χ1) is 9.36. The molecule has 1 nitrogen and oxygen atoms in total. The molecule has 20 heavy (non-hydrogen) atoms. The van der Waals surface area contributed by atoms with Crippen LogP contribution in [0.3, 0.4) is 0 Å². The van der Waals surface area contributed by atoms with Crippen molar-refractivity contribution < 1.29 is 18.0 Å². The molecule has 0 aliphatic heterocycles. The first-order valence-corrected chi connectivity index (χ1v) is 6.89. The van der Waals surface area contributed by atoms with Crippen molar-refractivity contribution in [2.45, 2.75) is 12.6 Å². The van der Waals surface area contributed by atoms with Gasteiger partial charge in [0.05, 0.1) is 5.56 Å². The molecule has 0 spiro atoms. The van der Waals surface area contributed by atoms with Crippen LogP contribution < -0.4 is 0 Å². The molecular formula is C15H10F3IO. The summed E-state index contributed by atoms with van der Waals surface area (Å²) in [4.78, 5) is 12.0. The van der Waals surface area contributed by atoms with Crippen molar-refractivity contribution in [3.05, 3.63) is 68.8 Å². The molecule has 0 atom stereocenters. The molecule has 0 fully saturated rings. The standard InChI is InChI=1S/C15H10F3IO/c16-15(17,18)12-6-4-10(5-7-12)8-14(20)11-2-1-3-13(19)9-11/h1-7,9H,8H2. The third-order valence-corrected chi connectivity index (χ3v) is 3.46. The first kappa shape index (κ1) is 15.0. The summed E-state index contributed by atoms with van der Waals surface area (Å²) in [5, 5.41) is 0. The minimum absolute atomic E-state index is 0.0955. The Kier molecular flexibility index (Phi) is 4.47. The van der Waals surface area contributed by atoms with Crippen LogP contribution in [0, 0.1) is 3.57 Å². The quantitative estimate of drug-likeness (QED) is 0.547. The van der Waals surface area contributed by atoms with Gasteiger partial charge in [-0.3, -0.25) is 4.79 Å². The summed E-state index contributed by atoms with van der Waals surface area (Å²) in [5.74, 6) is -0.108. The number of hydrogen-bond acceptors (Lipinski definition) is 1. The van der Waals surface area contributed by atoms with Gasteiger partial charge in [-0.2, -0.15) is 13.2 Å². The van der Waals surface area contributed by atoms with Gasteiger partial charge in [0.15, 0.2) is 5.78 Å². The van der Waals surface area contributed by atoms with Crippen LogP contribution in [0.1, 0.15) is 21.5 Å². The average molecular weight is 390 g/mol. The van der Waals surface area contributed by atoms with Gasteiger partial charge in [0.25, 0.3) is 0 Å². The predicted molar refractivity (Wildman–Crippen MR) is 78.6 cm³/mol. The zero-order chi connectivity index (χ0) is 14.8. The van der Waals surface area contributed by atoms with Crippen molar-refractivity contribution in [1.29, 1.82) is 0 Å². The molecule has 0 aliphatic rings. The molecule has 0 saturated heterocycles. The van der Waals surface area contributed by atoms with Crippen molar-refractivity contribution in [2.24, 2.45) is 0 Å². The molecule has 0 amide bonds. The number of alkyl halides is 3. The number of benzene rings is 2. The first-order valence-electron chi connectivity index (χ1n) is 5.81. The van der Waals surface area contributed by atoms with Gasteiger partial charge in [0.1, 0.15) is 0 Å². The lowest BCUT2D eigenvalue weighted by Gasteiger charge is -2.07. The van der Waals surface area contributed by atoms with Gasteiger partial charge in [0, 0.05) is 15.6 Å². The fraction of sp³-hybridized carbons (Fsp3) is 0.133. The van der Waals surface area contributed by atoms with Gasteiger partial charge < -0.3 is 0 Å². The highest BCUT2D eigenvalue weighted by atomic mass is 127. The van der Waals surface area contributed by atoms with Crippen molar-refractivity contribution in [3.8, 4) is 0 Å². The third kappa shape index (κ3) is 3.82.